The van der Waals surface area contributed by atoms with Gasteiger partial charge < -0.3 is 5.11 Å². The third kappa shape index (κ3) is 2.82. The highest BCUT2D eigenvalue weighted by Crippen LogP contribution is 2.55. The van der Waals surface area contributed by atoms with Gasteiger partial charge in [0.15, 0.2) is 0 Å². The van der Waals surface area contributed by atoms with E-state index in [-0.39, 0.29) is 24.7 Å². The maximum absolute atomic E-state index is 13.0. The van der Waals surface area contributed by atoms with Gasteiger partial charge in [-0.3, -0.25) is 14.5 Å². The maximum Gasteiger partial charge on any atom is 0.262 e. The summed E-state index contributed by atoms with van der Waals surface area (Å²) in [7, 11) is 0. The Bertz CT molecular complexity index is 1200. The summed E-state index contributed by atoms with van der Waals surface area (Å²) in [6.45, 7) is 1.71. The van der Waals surface area contributed by atoms with Crippen LogP contribution in [0, 0.1) is 12.3 Å². The molecule has 0 radical (unpaired) electrons. The molecule has 1 heterocycles. The highest BCUT2D eigenvalue weighted by atomic mass is 16.3. The van der Waals surface area contributed by atoms with E-state index < -0.39 is 11.1 Å². The van der Waals surface area contributed by atoms with Crippen molar-refractivity contribution in [2.24, 2.45) is 0 Å². The molecule has 2 amide bonds. The fraction of sp³-hybridized carbons (Fsp3) is 0.185. The van der Waals surface area contributed by atoms with Crippen LogP contribution in [0.5, 0.6) is 0 Å². The van der Waals surface area contributed by atoms with Crippen molar-refractivity contribution in [3.05, 3.63) is 95.1 Å². The van der Waals surface area contributed by atoms with E-state index in [0.717, 1.165) is 5.56 Å². The van der Waals surface area contributed by atoms with E-state index in [1.54, 1.807) is 37.3 Å². The average molecular weight is 407 g/mol. The van der Waals surface area contributed by atoms with Gasteiger partial charge in [-0.25, -0.2) is 0 Å². The quantitative estimate of drug-likeness (QED) is 0.397. The summed E-state index contributed by atoms with van der Waals surface area (Å²) in [5.74, 6) is 1.98. The molecule has 1 fully saturated rings. The van der Waals surface area contributed by atoms with Crippen molar-refractivity contribution in [3.8, 4) is 23.5 Å². The topological polar surface area (TPSA) is 57.6 Å². The molecule has 1 aliphatic heterocycles. The number of carbonyl (C=O) groups is 2. The number of hydrogen-bond donors (Lipinski definition) is 1. The zero-order valence-electron chi connectivity index (χ0n) is 17.1. The van der Waals surface area contributed by atoms with Crippen LogP contribution in [-0.2, 0) is 5.54 Å². The van der Waals surface area contributed by atoms with E-state index in [9.17, 15) is 14.7 Å². The summed E-state index contributed by atoms with van der Waals surface area (Å²) in [5, 5.41) is 10.4. The fourth-order valence-corrected chi connectivity index (χ4v) is 4.93. The van der Waals surface area contributed by atoms with Gasteiger partial charge in [0.25, 0.3) is 11.8 Å². The number of rotatable bonds is 2. The Kier molecular flexibility index (Phi) is 4.15. The van der Waals surface area contributed by atoms with E-state index in [1.165, 1.54) is 16.0 Å². The standard InChI is InChI=1S/C21H17NO3.C6H4/c1-3-14-8-4-7-11-17(14)21(12-20(2,25)13-21)22-18(23)15-9-5-6-10-16(15)19(22)24;1-2-6-4-3-5(1)6/h1,4-11,25H,12-13H2,2H3;1-4H. The number of aliphatic hydroxyl groups is 1. The minimum atomic E-state index is -0.947. The zero-order valence-corrected chi connectivity index (χ0v) is 17.1. The molecule has 6 rings (SSSR count). The molecule has 0 unspecified atom stereocenters. The molecule has 31 heavy (non-hydrogen) atoms. The predicted octanol–water partition coefficient (Wildman–Crippen LogP) is 4.37. The first-order chi connectivity index (χ1) is 14.9. The molecule has 0 saturated heterocycles. The molecule has 1 N–H and O–H groups in total. The Balaban J connectivity index is 0.000000289. The number of nitrogens with zero attached hydrogens (tertiary/aromatic N) is 1. The molecule has 4 heteroatoms. The summed E-state index contributed by atoms with van der Waals surface area (Å²) >= 11 is 0. The number of imide groups is 1. The van der Waals surface area contributed by atoms with Crippen LogP contribution >= 0.6 is 0 Å². The van der Waals surface area contributed by atoms with E-state index in [0.29, 0.717) is 16.7 Å². The SMILES string of the molecule is C#Cc1ccccc1C1(N2C(=O)c3ccccc3C2=O)CC(C)(O)C1.c1cc2ccc1-2. The van der Waals surface area contributed by atoms with Gasteiger partial charge in [-0.1, -0.05) is 60.5 Å². The maximum atomic E-state index is 13.0. The summed E-state index contributed by atoms with van der Waals surface area (Å²) in [5.41, 5.74) is 3.16. The second-order valence-electron chi connectivity index (χ2n) is 8.64. The number of terminal acetylenes is 1. The van der Waals surface area contributed by atoms with Crippen LogP contribution < -0.4 is 0 Å². The number of carbonyl (C=O) groups excluding carboxylic acids is 2. The number of fused-ring (bicyclic) bond motifs is 2. The Morgan fingerprint density at radius 1 is 0.839 bits per heavy atom. The predicted molar refractivity (Wildman–Crippen MR) is 118 cm³/mol. The van der Waals surface area contributed by atoms with Crippen LogP contribution in [0.3, 0.4) is 0 Å². The van der Waals surface area contributed by atoms with Crippen molar-refractivity contribution in [2.75, 3.05) is 0 Å². The molecule has 0 aromatic heterocycles. The van der Waals surface area contributed by atoms with Crippen LogP contribution in [-0.4, -0.2) is 27.4 Å². The minimum absolute atomic E-state index is 0.268. The molecule has 2 aromatic carbocycles. The Hall–Kier alpha value is -3.68. The highest BCUT2D eigenvalue weighted by molar-refractivity contribution is 6.22. The smallest absolute Gasteiger partial charge is 0.262 e. The van der Waals surface area contributed by atoms with Crippen molar-refractivity contribution in [1.29, 1.82) is 0 Å². The first-order valence-electron chi connectivity index (χ1n) is 10.2. The average Bonchev–Trinajstić information content (AvgIpc) is 3.00. The lowest BCUT2D eigenvalue weighted by molar-refractivity contribution is -0.118. The van der Waals surface area contributed by atoms with Crippen molar-refractivity contribution >= 4 is 11.8 Å². The van der Waals surface area contributed by atoms with Crippen molar-refractivity contribution in [3.63, 3.8) is 0 Å². The van der Waals surface area contributed by atoms with Gasteiger partial charge in [-0.2, -0.15) is 0 Å². The monoisotopic (exact) mass is 407 g/mol. The third-order valence-corrected chi connectivity index (χ3v) is 6.37. The zero-order chi connectivity index (χ0) is 21.8. The molecular formula is C27H21NO3. The molecule has 0 spiro atoms. The van der Waals surface area contributed by atoms with Crippen LogP contribution in [0.2, 0.25) is 0 Å². The van der Waals surface area contributed by atoms with Crippen LogP contribution in [0.15, 0.2) is 72.8 Å². The van der Waals surface area contributed by atoms with Crippen LogP contribution in [0.1, 0.15) is 51.6 Å². The number of benzene rings is 3. The lowest BCUT2D eigenvalue weighted by Gasteiger charge is -2.55. The number of hydrogen-bond acceptors (Lipinski definition) is 3. The highest BCUT2D eigenvalue weighted by Gasteiger charge is 2.61. The van der Waals surface area contributed by atoms with Gasteiger partial charge in [0.05, 0.1) is 22.3 Å². The first kappa shape index (κ1) is 19.3. The van der Waals surface area contributed by atoms with Crippen LogP contribution in [0.4, 0.5) is 0 Å². The van der Waals surface area contributed by atoms with E-state index in [4.69, 9.17) is 6.42 Å². The Morgan fingerprint density at radius 2 is 1.32 bits per heavy atom. The Labute approximate surface area is 181 Å². The normalized spacial score (nSPS) is 24.5. The molecule has 1 saturated carbocycles. The third-order valence-electron chi connectivity index (χ3n) is 6.37. The summed E-state index contributed by atoms with van der Waals surface area (Å²) in [6, 6.07) is 22.6. The van der Waals surface area contributed by atoms with E-state index in [1.807, 2.05) is 18.2 Å². The van der Waals surface area contributed by atoms with Crippen molar-refractivity contribution in [1.82, 2.24) is 4.90 Å². The molecule has 0 atom stereocenters. The van der Waals surface area contributed by atoms with Crippen LogP contribution in [0.25, 0.3) is 11.1 Å². The largest absolute Gasteiger partial charge is 0.390 e. The van der Waals surface area contributed by atoms with Crippen molar-refractivity contribution < 1.29 is 14.7 Å². The summed E-state index contributed by atoms with van der Waals surface area (Å²) in [6.07, 6.45) is 6.18. The summed E-state index contributed by atoms with van der Waals surface area (Å²) in [4.78, 5) is 27.3. The Morgan fingerprint density at radius 3 is 1.74 bits per heavy atom. The lowest BCUT2D eigenvalue weighted by Crippen LogP contribution is -2.63. The fourth-order valence-electron chi connectivity index (χ4n) is 4.93. The van der Waals surface area contributed by atoms with Crippen molar-refractivity contribution in [2.45, 2.75) is 30.9 Å². The molecule has 4 aliphatic rings. The minimum Gasteiger partial charge on any atom is -0.390 e. The molecule has 4 nitrogen and oxygen atoms in total. The first-order valence-corrected chi connectivity index (χ1v) is 10.2. The molecular weight excluding hydrogens is 386 g/mol. The summed E-state index contributed by atoms with van der Waals surface area (Å²) < 4.78 is 0. The number of amides is 2. The lowest BCUT2D eigenvalue weighted by atomic mass is 9.60. The van der Waals surface area contributed by atoms with Gasteiger partial charge >= 0.3 is 0 Å². The van der Waals surface area contributed by atoms with Gasteiger partial charge in [0.2, 0.25) is 0 Å². The second-order valence-corrected chi connectivity index (χ2v) is 8.64. The van der Waals surface area contributed by atoms with Gasteiger partial charge in [0, 0.05) is 18.4 Å². The molecule has 0 bridgehead atoms. The molecule has 2 aromatic rings. The molecule has 152 valence electrons. The van der Waals surface area contributed by atoms with E-state index in [2.05, 4.69) is 30.2 Å². The molecule has 3 aliphatic carbocycles. The van der Waals surface area contributed by atoms with Gasteiger partial charge in [-0.15, -0.1) is 6.42 Å². The van der Waals surface area contributed by atoms with Gasteiger partial charge in [-0.05, 0) is 41.8 Å². The van der Waals surface area contributed by atoms with E-state index >= 15 is 0 Å². The van der Waals surface area contributed by atoms with Gasteiger partial charge in [0.1, 0.15) is 0 Å². The second kappa shape index (κ2) is 6.66.